The molecule has 0 bridgehead atoms. The van der Waals surface area contributed by atoms with Crippen LogP contribution in [0.2, 0.25) is 0 Å². The Bertz CT molecular complexity index is 1560. The summed E-state index contributed by atoms with van der Waals surface area (Å²) >= 11 is 0. The van der Waals surface area contributed by atoms with E-state index in [4.69, 9.17) is 19.7 Å². The molecule has 2 rings (SSSR count). The van der Waals surface area contributed by atoms with Crippen molar-refractivity contribution in [3.05, 3.63) is 48.0 Å². The normalized spacial score (nSPS) is 15.5. The predicted molar refractivity (Wildman–Crippen MR) is 148 cm³/mol. The van der Waals surface area contributed by atoms with Gasteiger partial charge in [0, 0.05) is 6.42 Å². The third kappa shape index (κ3) is 8.77. The zero-order chi connectivity index (χ0) is 42.9. The number of ether oxygens (including phenoxy) is 2. The van der Waals surface area contributed by atoms with E-state index in [0.717, 1.165) is 12.1 Å². The zero-order valence-corrected chi connectivity index (χ0v) is 26.9. The van der Waals surface area contributed by atoms with E-state index in [1.54, 1.807) is 0 Å². The zero-order valence-electron chi connectivity index (χ0n) is 26.9. The van der Waals surface area contributed by atoms with E-state index in [9.17, 15) is 93.6 Å². The average molecular weight is 845 g/mol. The van der Waals surface area contributed by atoms with E-state index in [1.165, 1.54) is 30.3 Å². The molecule has 0 aliphatic carbocycles. The lowest BCUT2D eigenvalue weighted by Gasteiger charge is -2.43. The maximum absolute atomic E-state index is 14.6. The van der Waals surface area contributed by atoms with Crippen molar-refractivity contribution in [3.8, 4) is 22.6 Å². The van der Waals surface area contributed by atoms with Crippen molar-refractivity contribution in [1.29, 1.82) is 0 Å². The SMILES string of the molecule is OCC(O)COc1ccc(-c2ccc(OCC(O)CO)c(CCCC(F)(F)C(F)(F)C(F)(F)C(F)(F)C(F)(F)C(F)(F)C(F)(F)C(F)(F)C(F)(F)F)c2)cc1. The lowest BCUT2D eigenvalue weighted by molar-refractivity contribution is -0.468. The van der Waals surface area contributed by atoms with Crippen LogP contribution in [0.1, 0.15) is 18.4 Å². The van der Waals surface area contributed by atoms with Crippen molar-refractivity contribution < 1.29 is 113 Å². The molecule has 55 heavy (non-hydrogen) atoms. The number of aliphatic hydroxyl groups is 4. The standard InChI is InChI=1S/C30H27F19O6/c31-22(32,23(33,34)24(35,36)25(37,38)26(39,40)27(41,42)28(43,44)29(45,46)30(47,48)49)9-1-2-17-10-16(5-8-21(17)55-14-19(53)12-51)15-3-6-20(7-4-15)54-13-18(52)11-50/h3-8,10,18-19,50-53H,1-2,9,11-14H2. The second-order valence-electron chi connectivity index (χ2n) is 11.7. The fourth-order valence-corrected chi connectivity index (χ4v) is 4.37. The molecule has 0 heterocycles. The van der Waals surface area contributed by atoms with Gasteiger partial charge in [-0.05, 0) is 53.8 Å². The van der Waals surface area contributed by atoms with Gasteiger partial charge in [-0.25, -0.2) is 0 Å². The van der Waals surface area contributed by atoms with Gasteiger partial charge < -0.3 is 29.9 Å². The Morgan fingerprint density at radius 1 is 0.491 bits per heavy atom. The summed E-state index contributed by atoms with van der Waals surface area (Å²) in [7, 11) is 0. The Morgan fingerprint density at radius 3 is 1.33 bits per heavy atom. The summed E-state index contributed by atoms with van der Waals surface area (Å²) in [5.74, 6) is -67.4. The van der Waals surface area contributed by atoms with Gasteiger partial charge in [0.25, 0.3) is 0 Å². The molecular weight excluding hydrogens is 817 g/mol. The molecule has 0 spiro atoms. The van der Waals surface area contributed by atoms with Crippen molar-refractivity contribution >= 4 is 0 Å². The molecule has 0 amide bonds. The highest BCUT2D eigenvalue weighted by Gasteiger charge is 2.96. The number of aliphatic hydroxyl groups excluding tert-OH is 4. The van der Waals surface area contributed by atoms with Gasteiger partial charge >= 0.3 is 53.6 Å². The molecule has 2 aromatic carbocycles. The molecule has 4 N–H and O–H groups in total. The summed E-state index contributed by atoms with van der Waals surface area (Å²) in [5.41, 5.74) is 0.101. The van der Waals surface area contributed by atoms with Crippen LogP contribution in [0.15, 0.2) is 42.5 Å². The first-order valence-electron chi connectivity index (χ1n) is 14.9. The lowest BCUT2D eigenvalue weighted by atomic mass is 9.86. The van der Waals surface area contributed by atoms with Crippen LogP contribution in [-0.2, 0) is 6.42 Å². The highest BCUT2D eigenvalue weighted by atomic mass is 19.4. The Balaban J connectivity index is 2.44. The Hall–Kier alpha value is -3.45. The molecule has 2 aromatic rings. The minimum atomic E-state index is -9.00. The summed E-state index contributed by atoms with van der Waals surface area (Å²) < 4.78 is 270. The van der Waals surface area contributed by atoms with Crippen molar-refractivity contribution in [1.82, 2.24) is 0 Å². The second-order valence-corrected chi connectivity index (χ2v) is 11.7. The molecule has 0 fully saturated rings. The third-order valence-electron chi connectivity index (χ3n) is 7.66. The van der Waals surface area contributed by atoms with Crippen molar-refractivity contribution in [3.63, 3.8) is 0 Å². The number of aryl methyl sites for hydroxylation is 1. The van der Waals surface area contributed by atoms with Crippen LogP contribution in [-0.4, -0.2) is 113 Å². The molecule has 25 heteroatoms. The monoisotopic (exact) mass is 844 g/mol. The molecule has 0 saturated heterocycles. The van der Waals surface area contributed by atoms with Gasteiger partial charge in [-0.2, -0.15) is 83.4 Å². The Kier molecular flexibility index (Phi) is 14.0. The molecule has 0 aromatic heterocycles. The summed E-state index contributed by atoms with van der Waals surface area (Å²) in [4.78, 5) is 0. The maximum atomic E-state index is 14.6. The minimum Gasteiger partial charge on any atom is -0.491 e. The van der Waals surface area contributed by atoms with Gasteiger partial charge in [0.15, 0.2) is 0 Å². The lowest BCUT2D eigenvalue weighted by Crippen LogP contribution is -2.75. The molecule has 0 saturated carbocycles. The van der Waals surface area contributed by atoms with Crippen LogP contribution in [0, 0.1) is 0 Å². The van der Waals surface area contributed by atoms with Crippen LogP contribution >= 0.6 is 0 Å². The van der Waals surface area contributed by atoms with E-state index >= 15 is 0 Å². The molecule has 2 unspecified atom stereocenters. The number of alkyl halides is 19. The molecule has 0 aliphatic heterocycles. The molecular formula is C30H27F19O6. The first-order valence-corrected chi connectivity index (χ1v) is 14.9. The minimum absolute atomic E-state index is 0.145. The summed E-state index contributed by atoms with van der Waals surface area (Å²) in [6, 6.07) is 8.76. The number of benzene rings is 2. The molecule has 316 valence electrons. The Labute approximate surface area is 296 Å². The van der Waals surface area contributed by atoms with Crippen LogP contribution in [0.4, 0.5) is 83.4 Å². The van der Waals surface area contributed by atoms with Crippen LogP contribution < -0.4 is 9.47 Å². The third-order valence-corrected chi connectivity index (χ3v) is 7.66. The summed E-state index contributed by atoms with van der Waals surface area (Å²) in [6.45, 7) is -2.61. The number of halogens is 19. The predicted octanol–water partition coefficient (Wildman–Crippen LogP) is 7.79. The van der Waals surface area contributed by atoms with Crippen molar-refractivity contribution in [2.75, 3.05) is 26.4 Å². The van der Waals surface area contributed by atoms with Crippen molar-refractivity contribution in [2.24, 2.45) is 0 Å². The average Bonchev–Trinajstić information content (AvgIpc) is 3.08. The van der Waals surface area contributed by atoms with Gasteiger partial charge in [-0.15, -0.1) is 0 Å². The first kappa shape index (κ1) is 47.7. The highest BCUT2D eigenvalue weighted by molar-refractivity contribution is 5.66. The second kappa shape index (κ2) is 16.2. The quantitative estimate of drug-likeness (QED) is 0.102. The fourth-order valence-electron chi connectivity index (χ4n) is 4.37. The molecule has 0 radical (unpaired) electrons. The summed E-state index contributed by atoms with van der Waals surface area (Å²) in [6.07, 6.45) is -16.1. The van der Waals surface area contributed by atoms with Gasteiger partial charge in [0.2, 0.25) is 0 Å². The topological polar surface area (TPSA) is 99.4 Å². The van der Waals surface area contributed by atoms with Crippen molar-refractivity contribution in [2.45, 2.75) is 85.0 Å². The first-order chi connectivity index (χ1) is 24.7. The van der Waals surface area contributed by atoms with Gasteiger partial charge in [-0.1, -0.05) is 18.2 Å². The number of rotatable bonds is 20. The number of hydrogen-bond acceptors (Lipinski definition) is 6. The smallest absolute Gasteiger partial charge is 0.460 e. The van der Waals surface area contributed by atoms with E-state index in [0.29, 0.717) is 0 Å². The molecule has 6 nitrogen and oxygen atoms in total. The van der Waals surface area contributed by atoms with Gasteiger partial charge in [0.1, 0.15) is 36.9 Å². The maximum Gasteiger partial charge on any atom is 0.460 e. The number of hydrogen-bond donors (Lipinski definition) is 4. The van der Waals surface area contributed by atoms with E-state index in [-0.39, 0.29) is 34.8 Å². The van der Waals surface area contributed by atoms with E-state index < -0.39 is 105 Å². The fraction of sp³-hybridized carbons (Fsp3) is 0.600. The van der Waals surface area contributed by atoms with E-state index in [2.05, 4.69) is 0 Å². The Morgan fingerprint density at radius 2 is 0.891 bits per heavy atom. The summed E-state index contributed by atoms with van der Waals surface area (Å²) in [5, 5.41) is 36.7. The molecule has 2 atom stereocenters. The van der Waals surface area contributed by atoms with E-state index in [1.807, 2.05) is 0 Å². The van der Waals surface area contributed by atoms with Crippen LogP contribution in [0.5, 0.6) is 11.5 Å². The van der Waals surface area contributed by atoms with Gasteiger partial charge in [-0.3, -0.25) is 0 Å². The van der Waals surface area contributed by atoms with Crippen LogP contribution in [0.3, 0.4) is 0 Å². The van der Waals surface area contributed by atoms with Gasteiger partial charge in [0.05, 0.1) is 13.2 Å². The van der Waals surface area contributed by atoms with Crippen LogP contribution in [0.25, 0.3) is 11.1 Å². The molecule has 0 aliphatic rings. The highest BCUT2D eigenvalue weighted by Crippen LogP contribution is 2.65. The largest absolute Gasteiger partial charge is 0.491 e.